The molecule has 1 N–H and O–H groups in total. The van der Waals surface area contributed by atoms with Crippen LogP contribution >= 0.6 is 0 Å². The number of nitrogens with zero attached hydrogens (tertiary/aromatic N) is 1. The summed E-state index contributed by atoms with van der Waals surface area (Å²) >= 11 is 0. The summed E-state index contributed by atoms with van der Waals surface area (Å²) in [5, 5.41) is 3.25. The average Bonchev–Trinajstić information content (AvgIpc) is 2.46. The lowest BCUT2D eigenvalue weighted by Crippen LogP contribution is -2.24. The normalized spacial score (nSPS) is 12.2. The number of benzene rings is 1. The highest BCUT2D eigenvalue weighted by molar-refractivity contribution is 5.33. The fourth-order valence-corrected chi connectivity index (χ4v) is 1.98. The van der Waals surface area contributed by atoms with Crippen LogP contribution in [0.4, 0.5) is 4.39 Å². The molecule has 0 fully saturated rings. The van der Waals surface area contributed by atoms with Crippen LogP contribution in [0.5, 0.6) is 5.75 Å². The van der Waals surface area contributed by atoms with Crippen molar-refractivity contribution in [3.8, 4) is 5.75 Å². The molecule has 19 heavy (non-hydrogen) atoms. The van der Waals surface area contributed by atoms with Crippen LogP contribution in [0.25, 0.3) is 0 Å². The van der Waals surface area contributed by atoms with E-state index in [0.717, 1.165) is 17.9 Å². The largest absolute Gasteiger partial charge is 0.497 e. The summed E-state index contributed by atoms with van der Waals surface area (Å²) in [4.78, 5) is 4.15. The Labute approximate surface area is 112 Å². The molecule has 1 heterocycles. The predicted molar refractivity (Wildman–Crippen MR) is 72.7 cm³/mol. The summed E-state index contributed by atoms with van der Waals surface area (Å²) in [7, 11) is 1.62. The van der Waals surface area contributed by atoms with E-state index in [1.54, 1.807) is 19.4 Å². The van der Waals surface area contributed by atoms with E-state index in [1.165, 1.54) is 6.07 Å². The van der Waals surface area contributed by atoms with Crippen LogP contribution < -0.4 is 10.1 Å². The van der Waals surface area contributed by atoms with Gasteiger partial charge in [0.2, 0.25) is 0 Å². The first kappa shape index (κ1) is 13.5. The van der Waals surface area contributed by atoms with E-state index in [0.29, 0.717) is 5.69 Å². The molecule has 0 aliphatic rings. The van der Waals surface area contributed by atoms with E-state index in [2.05, 4.69) is 10.3 Å². The molecule has 0 bridgehead atoms. The maximum Gasteiger partial charge on any atom is 0.146 e. The number of ether oxygens (including phenoxy) is 1. The lowest BCUT2D eigenvalue weighted by molar-refractivity contribution is 0.414. The molecule has 0 amide bonds. The Morgan fingerprint density at radius 2 is 2.00 bits per heavy atom. The molecule has 0 aliphatic heterocycles. The van der Waals surface area contributed by atoms with Crippen molar-refractivity contribution in [1.29, 1.82) is 0 Å². The van der Waals surface area contributed by atoms with E-state index in [9.17, 15) is 4.39 Å². The first-order valence-corrected chi connectivity index (χ1v) is 6.24. The van der Waals surface area contributed by atoms with E-state index < -0.39 is 0 Å². The van der Waals surface area contributed by atoms with Gasteiger partial charge in [-0.05, 0) is 36.4 Å². The SMILES string of the molecule is CCNC(c1ccc(OC)cc1)c1ncccc1F. The second-order valence-corrected chi connectivity index (χ2v) is 4.13. The highest BCUT2D eigenvalue weighted by Gasteiger charge is 2.18. The zero-order valence-corrected chi connectivity index (χ0v) is 11.1. The third kappa shape index (κ3) is 3.09. The Balaban J connectivity index is 2.36. The van der Waals surface area contributed by atoms with Gasteiger partial charge in [-0.25, -0.2) is 4.39 Å². The quantitative estimate of drug-likeness (QED) is 0.897. The summed E-state index contributed by atoms with van der Waals surface area (Å²) in [5.74, 6) is 0.477. The zero-order valence-electron chi connectivity index (χ0n) is 11.1. The number of hydrogen-bond acceptors (Lipinski definition) is 3. The van der Waals surface area contributed by atoms with Crippen molar-refractivity contribution in [2.75, 3.05) is 13.7 Å². The van der Waals surface area contributed by atoms with Gasteiger partial charge in [-0.15, -0.1) is 0 Å². The van der Waals surface area contributed by atoms with Crippen LogP contribution in [0.2, 0.25) is 0 Å². The molecule has 2 aromatic rings. The fourth-order valence-electron chi connectivity index (χ4n) is 1.98. The fraction of sp³-hybridized carbons (Fsp3) is 0.267. The Hall–Kier alpha value is -1.94. The predicted octanol–water partition coefficient (Wildman–Crippen LogP) is 2.93. The Morgan fingerprint density at radius 3 is 2.58 bits per heavy atom. The van der Waals surface area contributed by atoms with E-state index in [1.807, 2.05) is 31.2 Å². The molecule has 0 radical (unpaired) electrons. The second-order valence-electron chi connectivity index (χ2n) is 4.13. The van der Waals surface area contributed by atoms with E-state index >= 15 is 0 Å². The van der Waals surface area contributed by atoms with Crippen LogP contribution in [-0.4, -0.2) is 18.6 Å². The molecule has 4 heteroatoms. The number of hydrogen-bond donors (Lipinski definition) is 1. The molecule has 0 spiro atoms. The van der Waals surface area contributed by atoms with Gasteiger partial charge in [0.25, 0.3) is 0 Å². The number of halogens is 1. The first-order valence-electron chi connectivity index (χ1n) is 6.24. The van der Waals surface area contributed by atoms with Crippen LogP contribution in [0.3, 0.4) is 0 Å². The van der Waals surface area contributed by atoms with Gasteiger partial charge in [-0.1, -0.05) is 19.1 Å². The van der Waals surface area contributed by atoms with E-state index in [-0.39, 0.29) is 11.9 Å². The van der Waals surface area contributed by atoms with Gasteiger partial charge in [-0.3, -0.25) is 4.98 Å². The summed E-state index contributed by atoms with van der Waals surface area (Å²) < 4.78 is 19.0. The van der Waals surface area contributed by atoms with Gasteiger partial charge in [0.15, 0.2) is 0 Å². The molecule has 1 unspecified atom stereocenters. The molecular formula is C15H17FN2O. The topological polar surface area (TPSA) is 34.1 Å². The second kappa shape index (κ2) is 6.29. The van der Waals surface area contributed by atoms with Gasteiger partial charge in [0, 0.05) is 6.20 Å². The highest BCUT2D eigenvalue weighted by Crippen LogP contribution is 2.24. The molecule has 1 atom stereocenters. The third-order valence-corrected chi connectivity index (χ3v) is 2.92. The zero-order chi connectivity index (χ0) is 13.7. The Morgan fingerprint density at radius 1 is 1.26 bits per heavy atom. The molecule has 1 aromatic heterocycles. The van der Waals surface area contributed by atoms with E-state index in [4.69, 9.17) is 4.74 Å². The number of pyridine rings is 1. The molecule has 0 saturated carbocycles. The Bertz CT molecular complexity index is 528. The number of methoxy groups -OCH3 is 1. The summed E-state index contributed by atoms with van der Waals surface area (Å²) in [6.07, 6.45) is 1.60. The van der Waals surface area contributed by atoms with Crippen molar-refractivity contribution in [1.82, 2.24) is 10.3 Å². The summed E-state index contributed by atoms with van der Waals surface area (Å²) in [5.41, 5.74) is 1.37. The molecule has 0 aliphatic carbocycles. The summed E-state index contributed by atoms with van der Waals surface area (Å²) in [6.45, 7) is 2.71. The maximum atomic E-state index is 13.9. The number of aromatic nitrogens is 1. The van der Waals surface area contributed by atoms with Crippen LogP contribution in [-0.2, 0) is 0 Å². The van der Waals surface area contributed by atoms with Crippen LogP contribution in [0, 0.1) is 5.82 Å². The summed E-state index contributed by atoms with van der Waals surface area (Å²) in [6, 6.07) is 10.3. The van der Waals surface area contributed by atoms with Crippen LogP contribution in [0.15, 0.2) is 42.6 Å². The molecule has 3 nitrogen and oxygen atoms in total. The van der Waals surface area contributed by atoms with Gasteiger partial charge < -0.3 is 10.1 Å². The lowest BCUT2D eigenvalue weighted by Gasteiger charge is -2.18. The maximum absolute atomic E-state index is 13.9. The number of rotatable bonds is 5. The van der Waals surface area contributed by atoms with Crippen molar-refractivity contribution in [2.24, 2.45) is 0 Å². The minimum absolute atomic E-state index is 0.253. The average molecular weight is 260 g/mol. The van der Waals surface area contributed by atoms with Gasteiger partial charge >= 0.3 is 0 Å². The van der Waals surface area contributed by atoms with Crippen molar-refractivity contribution in [3.05, 3.63) is 59.7 Å². The van der Waals surface area contributed by atoms with Crippen molar-refractivity contribution in [2.45, 2.75) is 13.0 Å². The van der Waals surface area contributed by atoms with Crippen LogP contribution in [0.1, 0.15) is 24.2 Å². The minimum atomic E-state index is -0.302. The molecule has 0 saturated heterocycles. The van der Waals surface area contributed by atoms with Crippen molar-refractivity contribution in [3.63, 3.8) is 0 Å². The van der Waals surface area contributed by atoms with Gasteiger partial charge in [0.1, 0.15) is 11.6 Å². The minimum Gasteiger partial charge on any atom is -0.497 e. The Kier molecular flexibility index (Phi) is 4.47. The molecular weight excluding hydrogens is 243 g/mol. The lowest BCUT2D eigenvalue weighted by atomic mass is 10.0. The van der Waals surface area contributed by atoms with Gasteiger partial charge in [-0.2, -0.15) is 0 Å². The molecule has 1 aromatic carbocycles. The number of nitrogens with one attached hydrogen (secondary N) is 1. The standard InChI is InChI=1S/C15H17FN2O/c1-3-17-14(15-13(16)5-4-10-18-15)11-6-8-12(19-2)9-7-11/h4-10,14,17H,3H2,1-2H3. The highest BCUT2D eigenvalue weighted by atomic mass is 19.1. The monoisotopic (exact) mass is 260 g/mol. The molecule has 2 rings (SSSR count). The van der Waals surface area contributed by atoms with Crippen molar-refractivity contribution >= 4 is 0 Å². The van der Waals surface area contributed by atoms with Crippen molar-refractivity contribution < 1.29 is 9.13 Å². The smallest absolute Gasteiger partial charge is 0.146 e. The molecule has 100 valence electrons. The first-order chi connectivity index (χ1) is 9.26. The van der Waals surface area contributed by atoms with Gasteiger partial charge in [0.05, 0.1) is 18.8 Å². The third-order valence-electron chi connectivity index (χ3n) is 2.92.